The molecule has 8 aromatic rings. The summed E-state index contributed by atoms with van der Waals surface area (Å²) in [4.78, 5) is 60.8. The van der Waals surface area contributed by atoms with Crippen molar-refractivity contribution in [3.05, 3.63) is 144 Å². The first kappa shape index (κ1) is 39.6. The summed E-state index contributed by atoms with van der Waals surface area (Å²) in [5.74, 6) is -0.381. The molecule has 0 saturated carbocycles. The van der Waals surface area contributed by atoms with Gasteiger partial charge in [-0.3, -0.25) is 19.2 Å². The average molecular weight is 808 g/mol. The van der Waals surface area contributed by atoms with Gasteiger partial charge in [0, 0.05) is 126 Å². The lowest BCUT2D eigenvalue weighted by atomic mass is 9.95. The number of ketones is 4. The molecule has 61 heavy (non-hydrogen) atoms. The number of rotatable bonds is 11. The number of carbonyl (C=O) groups excluding carboxylic acids is 4. The second-order valence-electron chi connectivity index (χ2n) is 16.6. The highest BCUT2D eigenvalue weighted by Crippen LogP contribution is 2.43. The number of H-pyrrole nitrogens is 2. The Kier molecular flexibility index (Phi) is 10.6. The van der Waals surface area contributed by atoms with E-state index in [1.165, 1.54) is 0 Å². The number of para-hydroxylation sites is 3. The van der Waals surface area contributed by atoms with E-state index in [0.717, 1.165) is 110 Å². The molecule has 4 heterocycles. The van der Waals surface area contributed by atoms with Gasteiger partial charge in [-0.1, -0.05) is 79.6 Å². The fourth-order valence-corrected chi connectivity index (χ4v) is 9.21. The molecule has 4 aromatic carbocycles. The first-order valence-corrected chi connectivity index (χ1v) is 21.2. The van der Waals surface area contributed by atoms with Crippen LogP contribution in [0.5, 0.6) is 0 Å². The van der Waals surface area contributed by atoms with Gasteiger partial charge in [0.05, 0.1) is 12.8 Å². The van der Waals surface area contributed by atoms with E-state index in [1.807, 2.05) is 79.1 Å². The SMILES string of the molecule is CCCCn1cc(C2=C(c3c[nH]c4ccccc34)C(=O)CC2=O)c2ccccc21.Cc1ccc2c(c1)c(C1=C(c3c[nH]c4ccccc34)C(=O)CC1=O)cn2CCCN(C)C. The van der Waals surface area contributed by atoms with E-state index in [4.69, 9.17) is 0 Å². The Hall–Kier alpha value is -6.84. The zero-order chi connectivity index (χ0) is 42.4. The number of aromatic nitrogens is 4. The Morgan fingerprint density at radius 3 is 1.54 bits per heavy atom. The number of nitrogens with one attached hydrogen (secondary N) is 2. The summed E-state index contributed by atoms with van der Waals surface area (Å²) in [5, 5.41) is 4.00. The van der Waals surface area contributed by atoms with E-state index in [9.17, 15) is 19.2 Å². The molecule has 2 aliphatic carbocycles. The maximum Gasteiger partial charge on any atom is 0.172 e. The number of hydrogen-bond donors (Lipinski definition) is 2. The van der Waals surface area contributed by atoms with Gasteiger partial charge in [-0.2, -0.15) is 0 Å². The summed E-state index contributed by atoms with van der Waals surface area (Å²) in [6, 6.07) is 30.3. The van der Waals surface area contributed by atoms with E-state index in [1.54, 1.807) is 0 Å². The third-order valence-electron chi connectivity index (χ3n) is 12.1. The van der Waals surface area contributed by atoms with Crippen LogP contribution >= 0.6 is 0 Å². The lowest BCUT2D eigenvalue weighted by molar-refractivity contribution is -0.121. The van der Waals surface area contributed by atoms with Crippen LogP contribution in [0.15, 0.2) is 116 Å². The van der Waals surface area contributed by atoms with Crippen molar-refractivity contribution < 1.29 is 19.2 Å². The van der Waals surface area contributed by atoms with Gasteiger partial charge >= 0.3 is 0 Å². The summed E-state index contributed by atoms with van der Waals surface area (Å²) >= 11 is 0. The van der Waals surface area contributed by atoms with Crippen LogP contribution in [0.3, 0.4) is 0 Å². The number of nitrogens with zero attached hydrogens (tertiary/aromatic N) is 3. The highest BCUT2D eigenvalue weighted by molar-refractivity contribution is 6.53. The van der Waals surface area contributed by atoms with E-state index in [0.29, 0.717) is 22.3 Å². The molecule has 306 valence electrons. The van der Waals surface area contributed by atoms with Crippen molar-refractivity contribution in [3.63, 3.8) is 0 Å². The molecule has 0 bridgehead atoms. The minimum atomic E-state index is -0.101. The Bertz CT molecular complexity index is 3120. The van der Waals surface area contributed by atoms with Gasteiger partial charge < -0.3 is 24.0 Å². The standard InChI is InChI=1S/C27H27N3O2.C25H22N2O2/c1-17-9-10-23-19(13-17)21(16-30(23)12-6-11-29(2)3)27-25(32)14-24(31)26(27)20-15-28-22-8-5-4-7-18(20)22;1-2-3-12-27-15-19(17-9-5-7-11-21(17)27)25-23(29)13-22(28)24(25)18-14-26-20-10-6-4-8-16(18)20/h4-5,7-10,13,15-16,28H,6,11-12,14H2,1-3H3;4-11,14-15,26H,2-3,12-13H2,1H3. The van der Waals surface area contributed by atoms with E-state index in [2.05, 4.69) is 88.6 Å². The van der Waals surface area contributed by atoms with Crippen LogP contribution in [-0.2, 0) is 32.3 Å². The number of carbonyl (C=O) groups is 4. The number of Topliss-reactive ketones (excluding diaryl/α,β-unsaturated/α-hetero) is 4. The van der Waals surface area contributed by atoms with Crippen molar-refractivity contribution >= 4 is 89.0 Å². The van der Waals surface area contributed by atoms with E-state index in [-0.39, 0.29) is 36.0 Å². The molecule has 0 aliphatic heterocycles. The van der Waals surface area contributed by atoms with Crippen LogP contribution in [0, 0.1) is 6.92 Å². The smallest absolute Gasteiger partial charge is 0.172 e. The van der Waals surface area contributed by atoms with E-state index < -0.39 is 0 Å². The fraction of sp³-hybridized carbons (Fsp3) is 0.231. The number of allylic oxidation sites excluding steroid dienone is 4. The molecule has 0 fully saturated rings. The second-order valence-corrected chi connectivity index (χ2v) is 16.6. The number of benzene rings is 4. The van der Waals surface area contributed by atoms with Crippen LogP contribution in [0.2, 0.25) is 0 Å². The monoisotopic (exact) mass is 807 g/mol. The van der Waals surface area contributed by atoms with Crippen molar-refractivity contribution in [2.24, 2.45) is 0 Å². The fourth-order valence-electron chi connectivity index (χ4n) is 9.21. The molecule has 2 aliphatic rings. The summed E-state index contributed by atoms with van der Waals surface area (Å²) < 4.78 is 4.44. The highest BCUT2D eigenvalue weighted by atomic mass is 16.2. The third-order valence-corrected chi connectivity index (χ3v) is 12.1. The lowest BCUT2D eigenvalue weighted by Gasteiger charge is -2.10. The molecular weight excluding hydrogens is 759 g/mol. The van der Waals surface area contributed by atoms with Crippen molar-refractivity contribution in [3.8, 4) is 0 Å². The molecule has 0 saturated heterocycles. The van der Waals surface area contributed by atoms with Gasteiger partial charge in [0.15, 0.2) is 23.1 Å². The predicted octanol–water partition coefficient (Wildman–Crippen LogP) is 10.2. The summed E-state index contributed by atoms with van der Waals surface area (Å²) in [6.07, 6.45) is 10.9. The molecule has 9 nitrogen and oxygen atoms in total. The summed E-state index contributed by atoms with van der Waals surface area (Å²) in [7, 11) is 4.15. The van der Waals surface area contributed by atoms with Gasteiger partial charge in [0.1, 0.15) is 0 Å². The van der Waals surface area contributed by atoms with Crippen LogP contribution in [0.1, 0.15) is 66.8 Å². The molecule has 0 spiro atoms. The summed E-state index contributed by atoms with van der Waals surface area (Å²) in [6.45, 7) is 6.97. The van der Waals surface area contributed by atoms with Crippen LogP contribution < -0.4 is 0 Å². The quantitative estimate of drug-likeness (QED) is 0.126. The molecule has 0 radical (unpaired) electrons. The maximum atomic E-state index is 13.2. The van der Waals surface area contributed by atoms with Crippen molar-refractivity contribution in [1.82, 2.24) is 24.0 Å². The molecule has 4 aromatic heterocycles. The van der Waals surface area contributed by atoms with Gasteiger partial charge in [0.2, 0.25) is 0 Å². The minimum Gasteiger partial charge on any atom is -0.361 e. The first-order chi connectivity index (χ1) is 29.6. The number of aromatic amines is 2. The summed E-state index contributed by atoms with van der Waals surface area (Å²) in [5.41, 5.74) is 10.8. The van der Waals surface area contributed by atoms with Crippen molar-refractivity contribution in [2.75, 3.05) is 20.6 Å². The topological polar surface area (TPSA) is 113 Å². The van der Waals surface area contributed by atoms with Gasteiger partial charge in [-0.25, -0.2) is 0 Å². The predicted molar refractivity (Wildman–Crippen MR) is 246 cm³/mol. The maximum absolute atomic E-state index is 13.2. The Morgan fingerprint density at radius 1 is 0.541 bits per heavy atom. The minimum absolute atomic E-state index is 0.0569. The van der Waals surface area contributed by atoms with Crippen LogP contribution in [-0.4, -0.2) is 67.8 Å². The number of aryl methyl sites for hydroxylation is 3. The lowest BCUT2D eigenvalue weighted by Crippen LogP contribution is -2.14. The zero-order valence-electron chi connectivity index (χ0n) is 35.1. The molecule has 0 atom stereocenters. The Balaban J connectivity index is 0.000000157. The highest BCUT2D eigenvalue weighted by Gasteiger charge is 2.36. The van der Waals surface area contributed by atoms with Crippen molar-refractivity contribution in [2.45, 2.75) is 59.0 Å². The Labute approximate surface area is 354 Å². The van der Waals surface area contributed by atoms with Crippen LogP contribution in [0.25, 0.3) is 65.9 Å². The van der Waals surface area contributed by atoms with Gasteiger partial charge in [0.25, 0.3) is 0 Å². The number of fused-ring (bicyclic) bond motifs is 4. The second kappa shape index (κ2) is 16.3. The number of hydrogen-bond acceptors (Lipinski definition) is 5. The third kappa shape index (κ3) is 7.18. The molecular formula is C52H49N5O4. The van der Waals surface area contributed by atoms with Crippen molar-refractivity contribution in [1.29, 1.82) is 0 Å². The molecule has 9 heteroatoms. The van der Waals surface area contributed by atoms with Crippen LogP contribution in [0.4, 0.5) is 0 Å². The molecule has 0 unspecified atom stereocenters. The first-order valence-electron chi connectivity index (χ1n) is 21.2. The average Bonchev–Trinajstić information content (AvgIpc) is 4.10. The van der Waals surface area contributed by atoms with E-state index >= 15 is 0 Å². The molecule has 10 rings (SSSR count). The Morgan fingerprint density at radius 2 is 1.00 bits per heavy atom. The zero-order valence-corrected chi connectivity index (χ0v) is 35.1. The van der Waals surface area contributed by atoms with Gasteiger partial charge in [-0.15, -0.1) is 0 Å². The normalized spacial score (nSPS) is 14.6. The number of unbranched alkanes of at least 4 members (excludes halogenated alkanes) is 1. The largest absolute Gasteiger partial charge is 0.361 e. The van der Waals surface area contributed by atoms with Gasteiger partial charge in [-0.05, 0) is 70.7 Å². The molecule has 0 amide bonds. The molecule has 2 N–H and O–H groups in total.